The molecule has 0 aliphatic carbocycles. The van der Waals surface area contributed by atoms with Crippen LogP contribution in [-0.4, -0.2) is 27.2 Å². The minimum Gasteiger partial charge on any atom is -0.502 e. The number of carbonyl (C=O) groups excluding carboxylic acids is 1. The highest BCUT2D eigenvalue weighted by atomic mass is 32.1. The number of hydrogen-bond donors (Lipinski definition) is 5. The molecule has 0 bridgehead atoms. The number of rotatable bonds is 7. The van der Waals surface area contributed by atoms with E-state index in [2.05, 4.69) is 30.6 Å². The van der Waals surface area contributed by atoms with Crippen molar-refractivity contribution < 1.29 is 24.2 Å². The summed E-state index contributed by atoms with van der Waals surface area (Å²) in [4.78, 5) is 20.5. The molecule has 0 aliphatic rings. The van der Waals surface area contributed by atoms with Gasteiger partial charge in [-0.05, 0) is 18.6 Å². The number of thiocarbonyl (C=S) groups is 1. The third-order valence-corrected chi connectivity index (χ3v) is 2.85. The van der Waals surface area contributed by atoms with Gasteiger partial charge < -0.3 is 30.4 Å². The highest BCUT2D eigenvalue weighted by Crippen LogP contribution is 2.14. The van der Waals surface area contributed by atoms with E-state index >= 15 is 0 Å². The molecule has 1 aromatic rings. The largest absolute Gasteiger partial charge is 0.502 e. The summed E-state index contributed by atoms with van der Waals surface area (Å²) in [7, 11) is 0. The SMILES string of the molecule is CCCCCNC(=S)OCc1oc(CO)cc(=O)c1O.NC(=O)S. The number of aliphatic hydroxyl groups excluding tert-OH is 1. The molecule has 1 rings (SSSR count). The van der Waals surface area contributed by atoms with Crippen molar-refractivity contribution >= 4 is 35.3 Å². The number of primary amides is 1. The molecule has 0 fully saturated rings. The summed E-state index contributed by atoms with van der Waals surface area (Å²) < 4.78 is 10.3. The van der Waals surface area contributed by atoms with Crippen LogP contribution < -0.4 is 16.5 Å². The van der Waals surface area contributed by atoms with Gasteiger partial charge in [0.15, 0.2) is 12.4 Å². The number of aromatic hydroxyl groups is 1. The van der Waals surface area contributed by atoms with Gasteiger partial charge in [0.2, 0.25) is 11.2 Å². The lowest BCUT2D eigenvalue weighted by Gasteiger charge is -2.10. The lowest BCUT2D eigenvalue weighted by atomic mass is 10.2. The van der Waals surface area contributed by atoms with Crippen molar-refractivity contribution in [1.82, 2.24) is 5.32 Å². The topological polar surface area (TPSA) is 135 Å². The average molecular weight is 378 g/mol. The summed E-state index contributed by atoms with van der Waals surface area (Å²) in [5.74, 6) is -0.525. The van der Waals surface area contributed by atoms with Crippen molar-refractivity contribution in [2.75, 3.05) is 6.54 Å². The number of thiol groups is 1. The van der Waals surface area contributed by atoms with Crippen molar-refractivity contribution in [3.05, 3.63) is 27.8 Å². The standard InChI is InChI=1S/C13H19NO5S.CH3NOS/c1-2-3-4-5-14-13(20)18-8-11-12(17)10(16)6-9(7-15)19-11;2-1(3)4/h6,15,17H,2-5,7-8H2,1H3,(H,14,20);(H3,2,3,4). The van der Waals surface area contributed by atoms with Gasteiger partial charge in [-0.25, -0.2) is 0 Å². The molecule has 10 heteroatoms. The van der Waals surface area contributed by atoms with Gasteiger partial charge in [0.05, 0.1) is 0 Å². The van der Waals surface area contributed by atoms with Gasteiger partial charge >= 0.3 is 0 Å². The molecule has 1 heterocycles. The predicted molar refractivity (Wildman–Crippen MR) is 96.0 cm³/mol. The second-order valence-corrected chi connectivity index (χ2v) is 5.37. The van der Waals surface area contributed by atoms with Crippen molar-refractivity contribution in [2.45, 2.75) is 39.4 Å². The Bertz CT molecular complexity index is 587. The van der Waals surface area contributed by atoms with Crippen LogP contribution in [0.3, 0.4) is 0 Å². The van der Waals surface area contributed by atoms with Gasteiger partial charge in [-0.3, -0.25) is 9.59 Å². The first-order chi connectivity index (χ1) is 11.3. The maximum atomic E-state index is 11.4. The lowest BCUT2D eigenvalue weighted by molar-refractivity contribution is 0.204. The molecule has 0 aromatic carbocycles. The van der Waals surface area contributed by atoms with Crippen molar-refractivity contribution in [3.8, 4) is 5.75 Å². The zero-order chi connectivity index (χ0) is 18.5. The van der Waals surface area contributed by atoms with Gasteiger partial charge in [0.1, 0.15) is 12.4 Å². The van der Waals surface area contributed by atoms with Gasteiger partial charge in [-0.15, -0.1) is 0 Å². The van der Waals surface area contributed by atoms with Crippen molar-refractivity contribution in [2.24, 2.45) is 5.73 Å². The molecule has 1 aromatic heterocycles. The Labute approximate surface area is 150 Å². The lowest BCUT2D eigenvalue weighted by Crippen LogP contribution is -2.25. The van der Waals surface area contributed by atoms with Gasteiger partial charge in [0, 0.05) is 12.6 Å². The Morgan fingerprint density at radius 1 is 1.50 bits per heavy atom. The molecular weight excluding hydrogens is 356 g/mol. The Hall–Kier alpha value is -1.78. The quantitative estimate of drug-likeness (QED) is 0.273. The van der Waals surface area contributed by atoms with Crippen molar-refractivity contribution in [3.63, 3.8) is 0 Å². The third-order valence-electron chi connectivity index (χ3n) is 2.58. The predicted octanol–water partition coefficient (Wildman–Crippen LogP) is 1.41. The molecular formula is C14H22N2O6S2. The second kappa shape index (κ2) is 12.6. The summed E-state index contributed by atoms with van der Waals surface area (Å²) >= 11 is 8.06. The van der Waals surface area contributed by atoms with Gasteiger partial charge in [-0.1, -0.05) is 32.4 Å². The van der Waals surface area contributed by atoms with E-state index in [1.807, 2.05) is 0 Å². The van der Waals surface area contributed by atoms with E-state index in [-0.39, 0.29) is 23.3 Å². The molecule has 8 nitrogen and oxygen atoms in total. The summed E-state index contributed by atoms with van der Waals surface area (Å²) in [6.45, 7) is 2.21. The van der Waals surface area contributed by atoms with E-state index < -0.39 is 23.0 Å². The number of ether oxygens (including phenoxy) is 1. The number of aliphatic hydroxyl groups is 1. The summed E-state index contributed by atoms with van der Waals surface area (Å²) in [6, 6.07) is 1.03. The fourth-order valence-corrected chi connectivity index (χ4v) is 1.67. The number of nitrogens with one attached hydrogen (secondary N) is 1. The minimum absolute atomic E-state index is 0.0562. The highest BCUT2D eigenvalue weighted by Gasteiger charge is 2.12. The molecule has 0 saturated carbocycles. The van der Waals surface area contributed by atoms with E-state index in [1.54, 1.807) is 0 Å². The van der Waals surface area contributed by atoms with Crippen LogP contribution in [0.5, 0.6) is 5.75 Å². The van der Waals surface area contributed by atoms with E-state index in [0.29, 0.717) is 6.54 Å². The fourth-order valence-electron chi connectivity index (χ4n) is 1.51. The zero-order valence-electron chi connectivity index (χ0n) is 13.3. The molecule has 0 radical (unpaired) electrons. The van der Waals surface area contributed by atoms with Crippen LogP contribution in [0.25, 0.3) is 0 Å². The fraction of sp³-hybridized carbons (Fsp3) is 0.500. The van der Waals surface area contributed by atoms with Crippen LogP contribution in [0.4, 0.5) is 4.79 Å². The Balaban J connectivity index is 0.00000118. The zero-order valence-corrected chi connectivity index (χ0v) is 15.0. The molecule has 24 heavy (non-hydrogen) atoms. The second-order valence-electron chi connectivity index (χ2n) is 4.56. The Morgan fingerprint density at radius 2 is 2.12 bits per heavy atom. The number of amides is 1. The number of nitrogens with two attached hydrogens (primary N) is 1. The first-order valence-electron chi connectivity index (χ1n) is 7.16. The molecule has 0 spiro atoms. The van der Waals surface area contributed by atoms with Crippen LogP contribution in [-0.2, 0) is 18.0 Å². The Morgan fingerprint density at radius 3 is 2.67 bits per heavy atom. The smallest absolute Gasteiger partial charge is 0.273 e. The molecule has 136 valence electrons. The monoisotopic (exact) mass is 378 g/mol. The van der Waals surface area contributed by atoms with E-state index in [9.17, 15) is 9.90 Å². The normalized spacial score (nSPS) is 9.62. The van der Waals surface area contributed by atoms with Crippen LogP contribution in [0, 0.1) is 0 Å². The van der Waals surface area contributed by atoms with E-state index in [1.165, 1.54) is 0 Å². The molecule has 5 N–H and O–H groups in total. The number of hydrogen-bond acceptors (Lipinski definition) is 7. The third kappa shape index (κ3) is 10.1. The van der Waals surface area contributed by atoms with Crippen molar-refractivity contribution in [1.29, 1.82) is 0 Å². The van der Waals surface area contributed by atoms with Crippen LogP contribution in [0.2, 0.25) is 0 Å². The maximum Gasteiger partial charge on any atom is 0.273 e. The summed E-state index contributed by atoms with van der Waals surface area (Å²) in [5, 5.41) is 20.9. The van der Waals surface area contributed by atoms with Gasteiger partial charge in [-0.2, -0.15) is 0 Å². The molecule has 0 aliphatic heterocycles. The van der Waals surface area contributed by atoms with Gasteiger partial charge in [0.25, 0.3) is 10.4 Å². The molecule has 0 unspecified atom stereocenters. The summed E-state index contributed by atoms with van der Waals surface area (Å²) in [6.07, 6.45) is 3.20. The maximum absolute atomic E-state index is 11.4. The number of carbonyl (C=O) groups is 1. The van der Waals surface area contributed by atoms with E-state index in [4.69, 9.17) is 31.3 Å². The van der Waals surface area contributed by atoms with Crippen LogP contribution >= 0.6 is 24.8 Å². The van der Waals surface area contributed by atoms with Crippen LogP contribution in [0.15, 0.2) is 15.3 Å². The molecule has 1 amide bonds. The van der Waals surface area contributed by atoms with E-state index in [0.717, 1.165) is 25.3 Å². The molecule has 0 saturated heterocycles. The first-order valence-corrected chi connectivity index (χ1v) is 8.02. The minimum atomic E-state index is -0.639. The highest BCUT2D eigenvalue weighted by molar-refractivity contribution is 7.96. The average Bonchev–Trinajstić information content (AvgIpc) is 2.52. The number of unbranched alkanes of at least 4 members (excludes halogenated alkanes) is 2. The van der Waals surface area contributed by atoms with Crippen LogP contribution in [0.1, 0.15) is 37.7 Å². The summed E-state index contributed by atoms with van der Waals surface area (Å²) in [5.41, 5.74) is 3.71. The Kier molecular flexibility index (Phi) is 11.7. The first kappa shape index (κ1) is 22.2. The molecule has 0 atom stereocenters.